The van der Waals surface area contributed by atoms with Crippen molar-refractivity contribution in [3.05, 3.63) is 52.6 Å². The normalized spacial score (nSPS) is 10.6. The Labute approximate surface area is 137 Å². The van der Waals surface area contributed by atoms with Gasteiger partial charge in [0, 0.05) is 31.0 Å². The van der Waals surface area contributed by atoms with Crippen LogP contribution in [0.1, 0.15) is 5.56 Å². The number of urea groups is 1. The summed E-state index contributed by atoms with van der Waals surface area (Å²) >= 11 is 0. The largest absolute Gasteiger partial charge is 0.481 e. The van der Waals surface area contributed by atoms with E-state index in [0.717, 1.165) is 5.56 Å². The molecular weight excluding hydrogens is 312 g/mol. The second-order valence-electron chi connectivity index (χ2n) is 5.09. The Hall–Kier alpha value is -3.29. The Kier molecular flexibility index (Phi) is 4.19. The number of nitrogens with zero attached hydrogens (tertiary/aromatic N) is 2. The number of aromatic nitrogens is 2. The molecule has 1 aromatic carbocycles. The van der Waals surface area contributed by atoms with Crippen LogP contribution in [0.15, 0.2) is 45.7 Å². The molecule has 0 fully saturated rings. The molecule has 0 bridgehead atoms. The Balaban J connectivity index is 1.68. The lowest BCUT2D eigenvalue weighted by Crippen LogP contribution is -2.28. The first-order valence-corrected chi connectivity index (χ1v) is 7.21. The van der Waals surface area contributed by atoms with E-state index >= 15 is 0 Å². The number of nitrogens with one attached hydrogen (secondary N) is 2. The molecule has 2 aromatic heterocycles. The molecule has 3 aromatic rings. The predicted molar refractivity (Wildman–Crippen MR) is 88.1 cm³/mol. The summed E-state index contributed by atoms with van der Waals surface area (Å²) in [4.78, 5) is 27.6. The number of fused-ring (bicyclic) bond motifs is 1. The van der Waals surface area contributed by atoms with Crippen molar-refractivity contribution < 1.29 is 13.9 Å². The van der Waals surface area contributed by atoms with Gasteiger partial charge in [0.1, 0.15) is 0 Å². The molecule has 3 rings (SSSR count). The second-order valence-corrected chi connectivity index (χ2v) is 5.09. The van der Waals surface area contributed by atoms with E-state index in [4.69, 9.17) is 9.15 Å². The van der Waals surface area contributed by atoms with E-state index in [-0.39, 0.29) is 12.6 Å². The van der Waals surface area contributed by atoms with E-state index in [9.17, 15) is 9.59 Å². The second kappa shape index (κ2) is 6.45. The summed E-state index contributed by atoms with van der Waals surface area (Å²) < 4.78 is 11.6. The number of hydrogen-bond donors (Lipinski definition) is 2. The van der Waals surface area contributed by atoms with Crippen LogP contribution in [0.4, 0.5) is 10.5 Å². The van der Waals surface area contributed by atoms with E-state index in [2.05, 4.69) is 15.6 Å². The summed E-state index contributed by atoms with van der Waals surface area (Å²) in [6, 6.07) is 8.18. The molecule has 0 unspecified atom stereocenters. The molecule has 2 heterocycles. The third-order valence-corrected chi connectivity index (χ3v) is 3.53. The molecule has 0 spiro atoms. The highest BCUT2D eigenvalue weighted by Crippen LogP contribution is 2.18. The minimum atomic E-state index is -0.449. The van der Waals surface area contributed by atoms with E-state index in [1.54, 1.807) is 37.5 Å². The zero-order chi connectivity index (χ0) is 17.1. The van der Waals surface area contributed by atoms with Crippen molar-refractivity contribution in [3.63, 3.8) is 0 Å². The average Bonchev–Trinajstić information content (AvgIpc) is 2.88. The van der Waals surface area contributed by atoms with E-state index < -0.39 is 5.76 Å². The van der Waals surface area contributed by atoms with Crippen LogP contribution in [0.25, 0.3) is 11.1 Å². The zero-order valence-electron chi connectivity index (χ0n) is 13.2. The smallest absolute Gasteiger partial charge is 0.419 e. The number of carbonyl (C=O) groups excluding carboxylic acids is 1. The molecule has 0 aliphatic heterocycles. The quantitative estimate of drug-likeness (QED) is 0.761. The number of anilines is 1. The number of methoxy groups -OCH3 is 1. The van der Waals surface area contributed by atoms with Crippen molar-refractivity contribution in [3.8, 4) is 5.88 Å². The summed E-state index contributed by atoms with van der Waals surface area (Å²) in [5.41, 5.74) is 2.39. The number of hydrogen-bond acceptors (Lipinski definition) is 5. The Bertz CT molecular complexity index is 945. The van der Waals surface area contributed by atoms with Crippen molar-refractivity contribution in [1.82, 2.24) is 14.9 Å². The van der Waals surface area contributed by atoms with Gasteiger partial charge in [-0.3, -0.25) is 4.57 Å². The number of ether oxygens (including phenoxy) is 1. The fourth-order valence-corrected chi connectivity index (χ4v) is 2.30. The highest BCUT2D eigenvalue weighted by Gasteiger charge is 2.09. The molecule has 0 aliphatic carbocycles. The summed E-state index contributed by atoms with van der Waals surface area (Å²) in [6.45, 7) is 0.273. The predicted octanol–water partition coefficient (Wildman–Crippen LogP) is 1.86. The van der Waals surface area contributed by atoms with Crippen molar-refractivity contribution >= 4 is 22.8 Å². The third-order valence-electron chi connectivity index (χ3n) is 3.53. The number of rotatable bonds is 4. The average molecular weight is 328 g/mol. The van der Waals surface area contributed by atoms with Crippen LogP contribution >= 0.6 is 0 Å². The zero-order valence-corrected chi connectivity index (χ0v) is 13.2. The molecule has 0 saturated carbocycles. The van der Waals surface area contributed by atoms with Gasteiger partial charge in [-0.05, 0) is 24.3 Å². The maximum absolute atomic E-state index is 12.0. The lowest BCUT2D eigenvalue weighted by molar-refractivity contribution is 0.251. The van der Waals surface area contributed by atoms with Gasteiger partial charge < -0.3 is 19.8 Å². The number of benzene rings is 1. The van der Waals surface area contributed by atoms with Crippen LogP contribution in [0.3, 0.4) is 0 Å². The topological polar surface area (TPSA) is 98.4 Å². The van der Waals surface area contributed by atoms with Crippen molar-refractivity contribution in [2.75, 3.05) is 12.4 Å². The van der Waals surface area contributed by atoms with Crippen LogP contribution < -0.4 is 21.1 Å². The first-order valence-electron chi connectivity index (χ1n) is 7.21. The van der Waals surface area contributed by atoms with Crippen LogP contribution in [0.5, 0.6) is 5.88 Å². The first kappa shape index (κ1) is 15.6. The molecule has 0 radical (unpaired) electrons. The SMILES string of the molecule is COc1ncccc1CNC(=O)Nc1ccc2oc(=O)n(C)c2c1. The molecule has 0 saturated heterocycles. The summed E-state index contributed by atoms with van der Waals surface area (Å²) in [5.74, 6) is 0.0166. The van der Waals surface area contributed by atoms with Gasteiger partial charge in [-0.1, -0.05) is 6.07 Å². The van der Waals surface area contributed by atoms with Gasteiger partial charge in [0.25, 0.3) is 0 Å². The molecule has 0 aliphatic rings. The molecular formula is C16H16N4O4. The van der Waals surface area contributed by atoms with E-state index in [0.29, 0.717) is 22.7 Å². The lowest BCUT2D eigenvalue weighted by Gasteiger charge is -2.10. The van der Waals surface area contributed by atoms with Gasteiger partial charge in [0.15, 0.2) is 5.58 Å². The molecule has 8 heteroatoms. The van der Waals surface area contributed by atoms with Gasteiger partial charge >= 0.3 is 11.8 Å². The number of aryl methyl sites for hydroxylation is 1. The van der Waals surface area contributed by atoms with Crippen LogP contribution in [0, 0.1) is 0 Å². The fraction of sp³-hybridized carbons (Fsp3) is 0.188. The minimum absolute atomic E-state index is 0.273. The number of amides is 2. The molecule has 0 atom stereocenters. The molecule has 24 heavy (non-hydrogen) atoms. The lowest BCUT2D eigenvalue weighted by atomic mass is 10.2. The van der Waals surface area contributed by atoms with Crippen LogP contribution in [0.2, 0.25) is 0 Å². The van der Waals surface area contributed by atoms with Crippen LogP contribution in [-0.2, 0) is 13.6 Å². The number of oxazole rings is 1. The maximum Gasteiger partial charge on any atom is 0.419 e. The van der Waals surface area contributed by atoms with Crippen LogP contribution in [-0.4, -0.2) is 22.7 Å². The number of pyridine rings is 1. The number of carbonyl (C=O) groups is 1. The Morgan fingerprint density at radius 3 is 3.00 bits per heavy atom. The Morgan fingerprint density at radius 1 is 1.38 bits per heavy atom. The standard InChI is InChI=1S/C16H16N4O4/c1-20-12-8-11(5-6-13(12)24-16(20)22)19-15(21)18-9-10-4-3-7-17-14(10)23-2/h3-8H,9H2,1-2H3,(H2,18,19,21). The fourth-order valence-electron chi connectivity index (χ4n) is 2.30. The highest BCUT2D eigenvalue weighted by molar-refractivity contribution is 5.91. The van der Waals surface area contributed by atoms with Gasteiger partial charge in [-0.15, -0.1) is 0 Å². The van der Waals surface area contributed by atoms with E-state index in [1.165, 1.54) is 11.7 Å². The maximum atomic E-state index is 12.0. The van der Waals surface area contributed by atoms with Gasteiger partial charge in [-0.25, -0.2) is 14.6 Å². The Morgan fingerprint density at radius 2 is 2.21 bits per heavy atom. The van der Waals surface area contributed by atoms with Gasteiger partial charge in [0.05, 0.1) is 12.6 Å². The van der Waals surface area contributed by atoms with Crippen molar-refractivity contribution in [1.29, 1.82) is 0 Å². The third kappa shape index (κ3) is 3.07. The molecule has 8 nitrogen and oxygen atoms in total. The monoisotopic (exact) mass is 328 g/mol. The molecule has 124 valence electrons. The summed E-state index contributed by atoms with van der Waals surface area (Å²) in [5, 5.41) is 5.44. The van der Waals surface area contributed by atoms with Gasteiger partial charge in [-0.2, -0.15) is 0 Å². The highest BCUT2D eigenvalue weighted by atomic mass is 16.5. The van der Waals surface area contributed by atoms with Crippen molar-refractivity contribution in [2.45, 2.75) is 6.54 Å². The van der Waals surface area contributed by atoms with Gasteiger partial charge in [0.2, 0.25) is 5.88 Å². The van der Waals surface area contributed by atoms with Crippen molar-refractivity contribution in [2.24, 2.45) is 7.05 Å². The van der Waals surface area contributed by atoms with E-state index in [1.807, 2.05) is 6.07 Å². The molecule has 2 N–H and O–H groups in total. The molecule has 2 amide bonds. The summed E-state index contributed by atoms with van der Waals surface area (Å²) in [7, 11) is 3.13. The first-order chi connectivity index (χ1) is 11.6. The minimum Gasteiger partial charge on any atom is -0.481 e. The summed E-state index contributed by atoms with van der Waals surface area (Å²) in [6.07, 6.45) is 1.62.